The Morgan fingerprint density at radius 2 is 1.90 bits per heavy atom. The van der Waals surface area contributed by atoms with Crippen LogP contribution in [-0.4, -0.2) is 16.7 Å². The van der Waals surface area contributed by atoms with Crippen molar-refractivity contribution in [3.8, 4) is 0 Å². The number of amides is 1. The topological polar surface area (TPSA) is 89.6 Å². The third-order valence-corrected chi connectivity index (χ3v) is 5.07. The first kappa shape index (κ1) is 25.4. The van der Waals surface area contributed by atoms with Crippen LogP contribution in [0.2, 0.25) is 0 Å². The van der Waals surface area contributed by atoms with E-state index in [9.17, 15) is 4.79 Å². The van der Waals surface area contributed by atoms with E-state index in [-0.39, 0.29) is 11.7 Å². The van der Waals surface area contributed by atoms with E-state index in [2.05, 4.69) is 15.3 Å². The number of aliphatic imine (C=N–C) groups is 1. The molecule has 0 aliphatic carbocycles. The molecule has 0 aliphatic rings. The van der Waals surface area contributed by atoms with E-state index in [1.165, 1.54) is 0 Å². The molecule has 30 heavy (non-hydrogen) atoms. The number of thiazole rings is 1. The first-order valence-corrected chi connectivity index (χ1v) is 11.0. The molecule has 164 valence electrons. The zero-order valence-electron chi connectivity index (χ0n) is 19.1. The number of nitrogens with two attached hydrogens (primary N) is 1. The molecular formula is C23H34N4O2S. The predicted molar refractivity (Wildman–Crippen MR) is 126 cm³/mol. The van der Waals surface area contributed by atoms with Gasteiger partial charge in [-0.15, -0.1) is 11.3 Å². The lowest BCUT2D eigenvalue weighted by atomic mass is 10.1. The highest BCUT2D eigenvalue weighted by molar-refractivity contribution is 7.11. The highest BCUT2D eigenvalue weighted by Gasteiger charge is 2.17. The zero-order chi connectivity index (χ0) is 22.7. The van der Waals surface area contributed by atoms with Gasteiger partial charge < -0.3 is 15.8 Å². The third kappa shape index (κ3) is 7.63. The minimum Gasteiger partial charge on any atom is -0.463 e. The second-order valence-corrected chi connectivity index (χ2v) is 8.15. The number of nitrogens with zero attached hydrogens (tertiary/aromatic N) is 2. The first-order chi connectivity index (χ1) is 14.2. The van der Waals surface area contributed by atoms with Gasteiger partial charge in [0.2, 0.25) is 0 Å². The Balaban J connectivity index is 3.16. The van der Waals surface area contributed by atoms with E-state index in [4.69, 9.17) is 10.5 Å². The Bertz CT molecular complexity index is 885. The largest absolute Gasteiger partial charge is 0.463 e. The van der Waals surface area contributed by atoms with E-state index < -0.39 is 0 Å². The number of aryl methyl sites for hydroxylation is 2. The Labute approximate surface area is 184 Å². The Kier molecular flexibility index (Phi) is 10.8. The van der Waals surface area contributed by atoms with Crippen LogP contribution < -0.4 is 11.1 Å². The number of hydrogen-bond donors (Lipinski definition) is 2. The maximum Gasteiger partial charge on any atom is 0.254 e. The van der Waals surface area contributed by atoms with Gasteiger partial charge in [0.05, 0.1) is 29.1 Å². The molecule has 0 aromatic carbocycles. The Hall–Kier alpha value is -2.67. The lowest BCUT2D eigenvalue weighted by Gasteiger charge is -2.13. The van der Waals surface area contributed by atoms with Crippen LogP contribution in [0.1, 0.15) is 63.0 Å². The molecule has 0 atom stereocenters. The summed E-state index contributed by atoms with van der Waals surface area (Å²) >= 11 is 1.58. The highest BCUT2D eigenvalue weighted by atomic mass is 32.1. The predicted octanol–water partition coefficient (Wildman–Crippen LogP) is 5.21. The van der Waals surface area contributed by atoms with Crippen molar-refractivity contribution in [2.24, 2.45) is 10.7 Å². The molecule has 6 nitrogen and oxygen atoms in total. The SMILES string of the molecule is C/C=C\O/C(=C/CC)C(N=C(N)/C(=C/CC)C(=O)NCc1sc(C)nc1C)=C(C)C. The van der Waals surface area contributed by atoms with Gasteiger partial charge in [-0.2, -0.15) is 0 Å². The molecule has 3 N–H and O–H groups in total. The molecule has 0 aliphatic heterocycles. The number of aromatic nitrogens is 1. The fraction of sp³-hybridized carbons (Fsp3) is 0.435. The summed E-state index contributed by atoms with van der Waals surface area (Å²) in [5, 5.41) is 3.92. The minimum absolute atomic E-state index is 0.161. The Morgan fingerprint density at radius 1 is 1.23 bits per heavy atom. The molecule has 0 saturated heterocycles. The normalized spacial score (nSPS) is 13.0. The van der Waals surface area contributed by atoms with Gasteiger partial charge in [-0.1, -0.05) is 26.0 Å². The number of rotatable bonds is 10. The van der Waals surface area contributed by atoms with E-state index in [0.717, 1.165) is 27.6 Å². The van der Waals surface area contributed by atoms with Crippen LogP contribution in [0.3, 0.4) is 0 Å². The van der Waals surface area contributed by atoms with Crippen molar-refractivity contribution in [1.82, 2.24) is 10.3 Å². The number of allylic oxidation sites excluding steroid dienone is 4. The summed E-state index contributed by atoms with van der Waals surface area (Å²) in [4.78, 5) is 22.9. The molecule has 1 aromatic heterocycles. The lowest BCUT2D eigenvalue weighted by molar-refractivity contribution is -0.117. The number of carbonyl (C=O) groups is 1. The second-order valence-electron chi connectivity index (χ2n) is 6.86. The van der Waals surface area contributed by atoms with E-state index >= 15 is 0 Å². The van der Waals surface area contributed by atoms with E-state index in [0.29, 0.717) is 30.0 Å². The van der Waals surface area contributed by atoms with Gasteiger partial charge in [-0.3, -0.25) is 4.79 Å². The van der Waals surface area contributed by atoms with Crippen molar-refractivity contribution >= 4 is 23.1 Å². The number of hydrogen-bond acceptors (Lipinski definition) is 5. The molecule has 0 saturated carbocycles. The monoisotopic (exact) mass is 430 g/mol. The van der Waals surface area contributed by atoms with E-state index in [1.807, 2.05) is 54.5 Å². The second kappa shape index (κ2) is 12.8. The van der Waals surface area contributed by atoms with Gasteiger partial charge in [0.15, 0.2) is 0 Å². The molecular weight excluding hydrogens is 396 g/mol. The minimum atomic E-state index is -0.257. The highest BCUT2D eigenvalue weighted by Crippen LogP contribution is 2.20. The molecule has 1 amide bonds. The number of carbonyl (C=O) groups excluding carboxylic acids is 1. The molecule has 0 spiro atoms. The first-order valence-electron chi connectivity index (χ1n) is 10.2. The maximum atomic E-state index is 12.9. The summed E-state index contributed by atoms with van der Waals surface area (Å²) in [6.45, 7) is 14.0. The summed E-state index contributed by atoms with van der Waals surface area (Å²) in [5.41, 5.74) is 9.14. The van der Waals surface area contributed by atoms with Crippen LogP contribution in [0.15, 0.2) is 52.1 Å². The van der Waals surface area contributed by atoms with Crippen LogP contribution in [0.5, 0.6) is 0 Å². The molecule has 0 fully saturated rings. The van der Waals surface area contributed by atoms with Gasteiger partial charge in [0.1, 0.15) is 17.3 Å². The van der Waals surface area contributed by atoms with E-state index in [1.54, 1.807) is 29.8 Å². The van der Waals surface area contributed by atoms with Crippen LogP contribution in [-0.2, 0) is 16.1 Å². The Morgan fingerprint density at radius 3 is 2.40 bits per heavy atom. The molecule has 1 heterocycles. The maximum absolute atomic E-state index is 12.9. The van der Waals surface area contributed by atoms with Gasteiger partial charge in [-0.25, -0.2) is 9.98 Å². The summed E-state index contributed by atoms with van der Waals surface area (Å²) in [6, 6.07) is 0. The van der Waals surface area contributed by atoms with Gasteiger partial charge in [0.25, 0.3) is 5.91 Å². The zero-order valence-corrected chi connectivity index (χ0v) is 19.9. The van der Waals surface area contributed by atoms with Crippen molar-refractivity contribution in [2.45, 2.75) is 67.9 Å². The third-order valence-electron chi connectivity index (χ3n) is 4.00. The quantitative estimate of drug-likeness (QED) is 0.175. The molecule has 1 rings (SSSR count). The van der Waals surface area contributed by atoms with Crippen LogP contribution >= 0.6 is 11.3 Å². The van der Waals surface area contributed by atoms with Crippen molar-refractivity contribution in [3.63, 3.8) is 0 Å². The van der Waals surface area contributed by atoms with Crippen molar-refractivity contribution < 1.29 is 9.53 Å². The molecule has 7 heteroatoms. The van der Waals surface area contributed by atoms with Crippen LogP contribution in [0, 0.1) is 13.8 Å². The summed E-state index contributed by atoms with van der Waals surface area (Å²) in [7, 11) is 0. The summed E-state index contributed by atoms with van der Waals surface area (Å²) in [6.07, 6.45) is 8.58. The van der Waals surface area contributed by atoms with Gasteiger partial charge in [-0.05, 0) is 59.1 Å². The summed E-state index contributed by atoms with van der Waals surface area (Å²) < 4.78 is 5.71. The van der Waals surface area contributed by atoms with Gasteiger partial charge in [0, 0.05) is 4.88 Å². The number of nitrogens with one attached hydrogen (secondary N) is 1. The van der Waals surface area contributed by atoms with Crippen molar-refractivity contribution in [1.29, 1.82) is 0 Å². The lowest BCUT2D eigenvalue weighted by Crippen LogP contribution is -2.31. The number of amidine groups is 1. The molecule has 0 bridgehead atoms. The average molecular weight is 431 g/mol. The molecule has 0 radical (unpaired) electrons. The van der Waals surface area contributed by atoms with Crippen LogP contribution in [0.25, 0.3) is 0 Å². The standard InChI is InChI=1S/C23H34N4O2S/c1-8-11-18(23(28)25-14-20-16(6)26-17(7)30-20)22(24)27-21(15(4)5)19(12-9-2)29-13-10-3/h10-13H,8-9,14H2,1-7H3,(H2,24,27)(H,25,28)/b13-10-,18-11-,19-12+. The fourth-order valence-corrected chi connectivity index (χ4v) is 3.51. The molecule has 0 unspecified atom stereocenters. The molecule has 1 aromatic rings. The summed E-state index contributed by atoms with van der Waals surface area (Å²) in [5.74, 6) is 0.520. The fourth-order valence-electron chi connectivity index (χ4n) is 2.63. The van der Waals surface area contributed by atoms with Crippen LogP contribution in [0.4, 0.5) is 0 Å². The average Bonchev–Trinajstić information content (AvgIpc) is 3.02. The number of ether oxygens (including phenoxy) is 1. The van der Waals surface area contributed by atoms with Gasteiger partial charge >= 0.3 is 0 Å². The van der Waals surface area contributed by atoms with Crippen molar-refractivity contribution in [3.05, 3.63) is 62.7 Å². The van der Waals surface area contributed by atoms with Crippen molar-refractivity contribution in [2.75, 3.05) is 0 Å². The smallest absolute Gasteiger partial charge is 0.254 e.